The predicted molar refractivity (Wildman–Crippen MR) is 93.0 cm³/mol. The number of carbonyl (C=O) groups is 2. The number of benzene rings is 1. The zero-order valence-electron chi connectivity index (χ0n) is 14.0. The van der Waals surface area contributed by atoms with E-state index in [-0.39, 0.29) is 35.5 Å². The second-order valence-electron chi connectivity index (χ2n) is 6.48. The monoisotopic (exact) mass is 374 g/mol. The normalized spacial score (nSPS) is 21.7. The van der Waals surface area contributed by atoms with Gasteiger partial charge in [-0.1, -0.05) is 0 Å². The summed E-state index contributed by atoms with van der Waals surface area (Å²) in [5, 5.41) is 0. The van der Waals surface area contributed by atoms with Crippen molar-refractivity contribution in [3.63, 3.8) is 0 Å². The first-order valence-corrected chi connectivity index (χ1v) is 9.90. The molecule has 2 aromatic rings. The highest BCUT2D eigenvalue weighted by Gasteiger charge is 2.35. The lowest BCUT2D eigenvalue weighted by molar-refractivity contribution is -0.121. The Morgan fingerprint density at radius 1 is 1.00 bits per heavy atom. The van der Waals surface area contributed by atoms with Crippen molar-refractivity contribution in [3.05, 3.63) is 48.4 Å². The van der Waals surface area contributed by atoms with Crippen LogP contribution in [0.15, 0.2) is 52.0 Å². The van der Waals surface area contributed by atoms with Crippen LogP contribution >= 0.6 is 0 Å². The summed E-state index contributed by atoms with van der Waals surface area (Å²) in [5.74, 6) is 0.334. The van der Waals surface area contributed by atoms with Crippen molar-refractivity contribution in [2.75, 3.05) is 18.0 Å². The Bertz CT molecular complexity index is 918. The van der Waals surface area contributed by atoms with Crippen molar-refractivity contribution in [1.29, 1.82) is 0 Å². The molecule has 0 radical (unpaired) electrons. The number of rotatable bonds is 4. The number of hydrogen-bond acceptors (Lipinski definition) is 5. The van der Waals surface area contributed by atoms with Gasteiger partial charge in [0, 0.05) is 31.8 Å². The number of furan rings is 1. The molecule has 0 aliphatic carbocycles. The van der Waals surface area contributed by atoms with E-state index in [2.05, 4.69) is 0 Å². The van der Waals surface area contributed by atoms with E-state index in [1.54, 1.807) is 12.3 Å². The Morgan fingerprint density at radius 2 is 1.69 bits per heavy atom. The van der Waals surface area contributed by atoms with Crippen molar-refractivity contribution in [1.82, 2.24) is 4.31 Å². The molecule has 1 aromatic carbocycles. The van der Waals surface area contributed by atoms with Gasteiger partial charge in [-0.15, -0.1) is 0 Å². The molecule has 1 unspecified atom stereocenters. The third-order valence-electron chi connectivity index (χ3n) is 4.88. The molecule has 7 nitrogen and oxygen atoms in total. The topological polar surface area (TPSA) is 87.9 Å². The van der Waals surface area contributed by atoms with Crippen molar-refractivity contribution in [2.45, 2.75) is 30.1 Å². The summed E-state index contributed by atoms with van der Waals surface area (Å²) in [4.78, 5) is 24.9. The summed E-state index contributed by atoms with van der Waals surface area (Å²) in [6, 6.07) is 9.57. The fourth-order valence-electron chi connectivity index (χ4n) is 3.48. The first-order chi connectivity index (χ1) is 12.5. The molecule has 2 amide bonds. The van der Waals surface area contributed by atoms with Gasteiger partial charge < -0.3 is 4.42 Å². The van der Waals surface area contributed by atoms with Crippen LogP contribution in [-0.2, 0) is 19.6 Å². The number of nitrogens with zero attached hydrogens (tertiary/aromatic N) is 2. The minimum Gasteiger partial charge on any atom is -0.469 e. The van der Waals surface area contributed by atoms with E-state index in [0.717, 1.165) is 10.7 Å². The summed E-state index contributed by atoms with van der Waals surface area (Å²) < 4.78 is 32.5. The first kappa shape index (κ1) is 17.0. The van der Waals surface area contributed by atoms with Crippen LogP contribution in [0, 0.1) is 0 Å². The molecule has 0 N–H and O–H groups in total. The van der Waals surface area contributed by atoms with Gasteiger partial charge in [0.2, 0.25) is 21.8 Å². The lowest BCUT2D eigenvalue weighted by Gasteiger charge is -2.18. The van der Waals surface area contributed by atoms with E-state index in [1.165, 1.54) is 28.6 Å². The highest BCUT2D eigenvalue weighted by Crippen LogP contribution is 2.32. The fraction of sp³-hybridized carbons (Fsp3) is 0.333. The van der Waals surface area contributed by atoms with E-state index < -0.39 is 10.0 Å². The Morgan fingerprint density at radius 3 is 2.31 bits per heavy atom. The van der Waals surface area contributed by atoms with Crippen LogP contribution in [0.4, 0.5) is 5.69 Å². The smallest absolute Gasteiger partial charge is 0.243 e. The van der Waals surface area contributed by atoms with Crippen molar-refractivity contribution < 1.29 is 22.4 Å². The molecule has 0 spiro atoms. The SMILES string of the molecule is O=C1CCC(=O)N1c1ccc(S(=O)(=O)N2CCC(c3ccco3)C2)cc1. The third kappa shape index (κ3) is 2.85. The van der Waals surface area contributed by atoms with E-state index in [1.807, 2.05) is 6.07 Å². The first-order valence-electron chi connectivity index (χ1n) is 8.46. The highest BCUT2D eigenvalue weighted by molar-refractivity contribution is 7.89. The Labute approximate surface area is 151 Å². The van der Waals surface area contributed by atoms with Crippen LogP contribution in [0.5, 0.6) is 0 Å². The molecule has 1 aromatic heterocycles. The van der Waals surface area contributed by atoms with Crippen LogP contribution in [0.3, 0.4) is 0 Å². The molecular formula is C18H18N2O5S. The van der Waals surface area contributed by atoms with Crippen LogP contribution < -0.4 is 4.90 Å². The highest BCUT2D eigenvalue weighted by atomic mass is 32.2. The average Bonchev–Trinajstić information content (AvgIpc) is 3.36. The van der Waals surface area contributed by atoms with Gasteiger partial charge in [0.25, 0.3) is 0 Å². The van der Waals surface area contributed by atoms with E-state index in [4.69, 9.17) is 4.42 Å². The number of amides is 2. The standard InChI is InChI=1S/C18H18N2O5S/c21-17-7-8-18(22)20(17)14-3-5-15(6-4-14)26(23,24)19-10-9-13(12-19)16-2-1-11-25-16/h1-6,11,13H,7-10,12H2. The molecule has 1 atom stereocenters. The maximum absolute atomic E-state index is 12.9. The molecule has 4 rings (SSSR count). The largest absolute Gasteiger partial charge is 0.469 e. The zero-order chi connectivity index (χ0) is 18.3. The van der Waals surface area contributed by atoms with Gasteiger partial charge >= 0.3 is 0 Å². The lowest BCUT2D eigenvalue weighted by Crippen LogP contribution is -2.30. The number of anilines is 1. The summed E-state index contributed by atoms with van der Waals surface area (Å²) in [6.07, 6.45) is 2.69. The molecule has 2 aliphatic heterocycles. The van der Waals surface area contributed by atoms with Gasteiger partial charge in [-0.3, -0.25) is 14.5 Å². The number of imide groups is 1. The molecule has 0 saturated carbocycles. The van der Waals surface area contributed by atoms with Gasteiger partial charge in [-0.2, -0.15) is 4.31 Å². The zero-order valence-corrected chi connectivity index (χ0v) is 14.8. The summed E-state index contributed by atoms with van der Waals surface area (Å²) in [5.41, 5.74) is 0.409. The average molecular weight is 374 g/mol. The van der Waals surface area contributed by atoms with E-state index in [0.29, 0.717) is 25.2 Å². The molecule has 2 saturated heterocycles. The molecule has 3 heterocycles. The molecule has 26 heavy (non-hydrogen) atoms. The Balaban J connectivity index is 1.53. The van der Waals surface area contributed by atoms with Crippen molar-refractivity contribution in [3.8, 4) is 0 Å². The Kier molecular flexibility index (Phi) is 4.16. The predicted octanol–water partition coefficient (Wildman–Crippen LogP) is 2.11. The molecule has 2 aliphatic rings. The van der Waals surface area contributed by atoms with Crippen molar-refractivity contribution >= 4 is 27.5 Å². The molecule has 8 heteroatoms. The summed E-state index contributed by atoms with van der Waals surface area (Å²) in [6.45, 7) is 0.805. The van der Waals surface area contributed by atoms with E-state index in [9.17, 15) is 18.0 Å². The second-order valence-corrected chi connectivity index (χ2v) is 8.42. The van der Waals surface area contributed by atoms with Gasteiger partial charge in [0.1, 0.15) is 5.76 Å². The molecule has 136 valence electrons. The molecule has 2 fully saturated rings. The lowest BCUT2D eigenvalue weighted by atomic mass is 10.1. The second kappa shape index (κ2) is 6.37. The quantitative estimate of drug-likeness (QED) is 0.765. The van der Waals surface area contributed by atoms with E-state index >= 15 is 0 Å². The van der Waals surface area contributed by atoms with Crippen molar-refractivity contribution in [2.24, 2.45) is 0 Å². The minimum absolute atomic E-state index is 0.0545. The molecular weight excluding hydrogens is 356 g/mol. The third-order valence-corrected chi connectivity index (χ3v) is 6.76. The van der Waals surface area contributed by atoms with Crippen LogP contribution in [-0.4, -0.2) is 37.6 Å². The fourth-order valence-corrected chi connectivity index (χ4v) is 4.98. The van der Waals surface area contributed by atoms with Crippen LogP contribution in [0.25, 0.3) is 0 Å². The molecule has 0 bridgehead atoms. The van der Waals surface area contributed by atoms with Gasteiger partial charge in [0.05, 0.1) is 16.8 Å². The van der Waals surface area contributed by atoms with Crippen LogP contribution in [0.2, 0.25) is 0 Å². The number of carbonyl (C=O) groups excluding carboxylic acids is 2. The maximum atomic E-state index is 12.9. The van der Waals surface area contributed by atoms with Gasteiger partial charge in [-0.05, 0) is 42.8 Å². The van der Waals surface area contributed by atoms with Crippen LogP contribution in [0.1, 0.15) is 30.9 Å². The Hall–Kier alpha value is -2.45. The number of sulfonamides is 1. The summed E-state index contributed by atoms with van der Waals surface area (Å²) >= 11 is 0. The van der Waals surface area contributed by atoms with Gasteiger partial charge in [0.15, 0.2) is 0 Å². The van der Waals surface area contributed by atoms with Gasteiger partial charge in [-0.25, -0.2) is 8.42 Å². The maximum Gasteiger partial charge on any atom is 0.243 e. The minimum atomic E-state index is -3.63. The number of hydrogen-bond donors (Lipinski definition) is 0. The summed E-state index contributed by atoms with van der Waals surface area (Å²) in [7, 11) is -3.63.